The van der Waals surface area contributed by atoms with Crippen LogP contribution in [0.25, 0.3) is 0 Å². The van der Waals surface area contributed by atoms with E-state index in [2.05, 4.69) is 50.8 Å². The maximum absolute atomic E-state index is 11.9. The molecule has 2 N–H and O–H groups in total. The van der Waals surface area contributed by atoms with Crippen molar-refractivity contribution in [2.75, 3.05) is 23.8 Å². The van der Waals surface area contributed by atoms with Crippen molar-refractivity contribution in [3.63, 3.8) is 0 Å². The van der Waals surface area contributed by atoms with Gasteiger partial charge in [-0.15, -0.1) is 0 Å². The molecule has 1 aromatic rings. The van der Waals surface area contributed by atoms with Crippen LogP contribution >= 0.6 is 0 Å². The molecule has 1 aliphatic carbocycles. The first-order valence-electron chi connectivity index (χ1n) is 10.7. The van der Waals surface area contributed by atoms with Gasteiger partial charge in [-0.05, 0) is 55.7 Å². The summed E-state index contributed by atoms with van der Waals surface area (Å²) in [4.78, 5) is 14.5. The normalized spacial score (nSPS) is 18.8. The van der Waals surface area contributed by atoms with Crippen LogP contribution in [0, 0.1) is 11.8 Å². The molecule has 1 saturated carbocycles. The predicted octanol–water partition coefficient (Wildman–Crippen LogP) is 5.37. The number of anilines is 2. The number of esters is 1. The molecule has 2 atom stereocenters. The Morgan fingerprint density at radius 1 is 1.22 bits per heavy atom. The van der Waals surface area contributed by atoms with Gasteiger partial charge in [-0.3, -0.25) is 4.79 Å². The van der Waals surface area contributed by atoms with Crippen LogP contribution in [0.3, 0.4) is 0 Å². The van der Waals surface area contributed by atoms with Gasteiger partial charge in [-0.1, -0.05) is 46.6 Å². The van der Waals surface area contributed by atoms with Gasteiger partial charge in [0.1, 0.15) is 0 Å². The van der Waals surface area contributed by atoms with Gasteiger partial charge in [0.15, 0.2) is 0 Å². The highest BCUT2D eigenvalue weighted by Crippen LogP contribution is 2.49. The molecule has 27 heavy (non-hydrogen) atoms. The predicted molar refractivity (Wildman–Crippen MR) is 114 cm³/mol. The van der Waals surface area contributed by atoms with Gasteiger partial charge in [0.25, 0.3) is 0 Å². The van der Waals surface area contributed by atoms with Crippen molar-refractivity contribution in [3.05, 3.63) is 23.8 Å². The zero-order valence-corrected chi connectivity index (χ0v) is 17.8. The van der Waals surface area contributed by atoms with E-state index in [1.807, 2.05) is 6.92 Å². The molecule has 2 unspecified atom stereocenters. The summed E-state index contributed by atoms with van der Waals surface area (Å²) in [6, 6.07) is 6.95. The Balaban J connectivity index is 2.21. The summed E-state index contributed by atoms with van der Waals surface area (Å²) < 4.78 is 5.16. The molecule has 0 saturated heterocycles. The lowest BCUT2D eigenvalue weighted by Gasteiger charge is -2.36. The van der Waals surface area contributed by atoms with E-state index in [9.17, 15) is 4.79 Å². The van der Waals surface area contributed by atoms with Gasteiger partial charge in [0.05, 0.1) is 23.9 Å². The van der Waals surface area contributed by atoms with Crippen LogP contribution < -0.4 is 10.6 Å². The number of hydrogen-bond acceptors (Lipinski definition) is 4. The number of rotatable bonds is 11. The van der Waals surface area contributed by atoms with E-state index in [1.165, 1.54) is 31.2 Å². The Bertz CT molecular complexity index is 608. The minimum absolute atomic E-state index is 0.00917. The molecule has 1 aromatic carbocycles. The molecule has 0 heterocycles. The molecule has 4 heteroatoms. The third kappa shape index (κ3) is 5.63. The van der Waals surface area contributed by atoms with Crippen molar-refractivity contribution in [1.82, 2.24) is 0 Å². The van der Waals surface area contributed by atoms with Gasteiger partial charge in [-0.2, -0.15) is 0 Å². The van der Waals surface area contributed by atoms with E-state index >= 15 is 0 Å². The molecule has 152 valence electrons. The fourth-order valence-corrected chi connectivity index (χ4v) is 4.10. The van der Waals surface area contributed by atoms with Gasteiger partial charge < -0.3 is 15.4 Å². The second-order valence-electron chi connectivity index (χ2n) is 8.30. The fraction of sp³-hybridized carbons (Fsp3) is 0.696. The molecule has 0 radical (unpaired) electrons. The zero-order chi connectivity index (χ0) is 20.0. The van der Waals surface area contributed by atoms with Gasteiger partial charge in [0, 0.05) is 12.6 Å². The summed E-state index contributed by atoms with van der Waals surface area (Å²) >= 11 is 0. The number of nitrogens with zero attached hydrogens (tertiary/aromatic N) is 1. The third-order valence-corrected chi connectivity index (χ3v) is 5.42. The molecule has 2 rings (SSSR count). The molecule has 0 aliphatic heterocycles. The SMILES string of the molecule is CCCC(CCC)N(CC(C)C)c1ccc(C2CC2C(=O)OCC)cc1N. The Hall–Kier alpha value is -1.71. The third-order valence-electron chi connectivity index (χ3n) is 5.42. The molecular weight excluding hydrogens is 336 g/mol. The van der Waals surface area contributed by atoms with Crippen molar-refractivity contribution in [3.8, 4) is 0 Å². The first-order chi connectivity index (χ1) is 12.9. The lowest BCUT2D eigenvalue weighted by Crippen LogP contribution is -2.38. The van der Waals surface area contributed by atoms with E-state index in [0.717, 1.165) is 24.3 Å². The number of ether oxygens (including phenoxy) is 1. The molecule has 1 aliphatic rings. The van der Waals surface area contributed by atoms with Gasteiger partial charge in [0.2, 0.25) is 0 Å². The van der Waals surface area contributed by atoms with E-state index < -0.39 is 0 Å². The Morgan fingerprint density at radius 3 is 2.41 bits per heavy atom. The van der Waals surface area contributed by atoms with Crippen molar-refractivity contribution >= 4 is 17.3 Å². The summed E-state index contributed by atoms with van der Waals surface area (Å²) in [6.07, 6.45) is 5.62. The fourth-order valence-electron chi connectivity index (χ4n) is 4.10. The lowest BCUT2D eigenvalue weighted by molar-refractivity contribution is -0.144. The van der Waals surface area contributed by atoms with Crippen molar-refractivity contribution < 1.29 is 9.53 Å². The number of nitrogens with two attached hydrogens (primary N) is 1. The van der Waals surface area contributed by atoms with Gasteiger partial charge in [-0.25, -0.2) is 0 Å². The molecule has 0 spiro atoms. The second-order valence-corrected chi connectivity index (χ2v) is 8.30. The average molecular weight is 375 g/mol. The summed E-state index contributed by atoms with van der Waals surface area (Å²) in [5.74, 6) is 0.783. The minimum atomic E-state index is -0.0717. The minimum Gasteiger partial charge on any atom is -0.466 e. The van der Waals surface area contributed by atoms with Crippen LogP contribution in [0.1, 0.15) is 78.2 Å². The lowest BCUT2D eigenvalue weighted by atomic mass is 10.00. The smallest absolute Gasteiger partial charge is 0.309 e. The van der Waals surface area contributed by atoms with Crippen LogP contribution in [-0.4, -0.2) is 25.2 Å². The van der Waals surface area contributed by atoms with Gasteiger partial charge >= 0.3 is 5.97 Å². The van der Waals surface area contributed by atoms with Crippen molar-refractivity contribution in [1.29, 1.82) is 0 Å². The Kier molecular flexibility index (Phi) is 8.00. The molecule has 0 bridgehead atoms. The number of hydrogen-bond donors (Lipinski definition) is 1. The highest BCUT2D eigenvalue weighted by molar-refractivity contribution is 5.78. The topological polar surface area (TPSA) is 55.6 Å². The highest BCUT2D eigenvalue weighted by Gasteiger charge is 2.45. The molecule has 1 fully saturated rings. The molecule has 4 nitrogen and oxygen atoms in total. The van der Waals surface area contributed by atoms with E-state index in [4.69, 9.17) is 10.5 Å². The van der Waals surface area contributed by atoms with Crippen LogP contribution in [0.4, 0.5) is 11.4 Å². The van der Waals surface area contributed by atoms with Crippen molar-refractivity contribution in [2.45, 2.75) is 78.7 Å². The molecule has 0 aromatic heterocycles. The second kappa shape index (κ2) is 10.0. The molecular formula is C23H38N2O2. The van der Waals surface area contributed by atoms with Crippen molar-refractivity contribution in [2.24, 2.45) is 11.8 Å². The first kappa shape index (κ1) is 21.6. The maximum atomic E-state index is 11.9. The van der Waals surface area contributed by atoms with E-state index in [1.54, 1.807) is 0 Å². The van der Waals surface area contributed by atoms with Crippen LogP contribution in [0.5, 0.6) is 0 Å². The number of benzene rings is 1. The van der Waals surface area contributed by atoms with E-state index in [-0.39, 0.29) is 17.8 Å². The molecule has 0 amide bonds. The first-order valence-corrected chi connectivity index (χ1v) is 10.7. The summed E-state index contributed by atoms with van der Waals surface area (Å²) in [5.41, 5.74) is 9.66. The summed E-state index contributed by atoms with van der Waals surface area (Å²) in [5, 5.41) is 0. The monoisotopic (exact) mass is 374 g/mol. The quantitative estimate of drug-likeness (QED) is 0.418. The summed E-state index contributed by atoms with van der Waals surface area (Å²) in [7, 11) is 0. The number of nitrogen functional groups attached to an aromatic ring is 1. The number of carbonyl (C=O) groups is 1. The number of carbonyl (C=O) groups excluding carboxylic acids is 1. The van der Waals surface area contributed by atoms with E-state index in [0.29, 0.717) is 18.6 Å². The average Bonchev–Trinajstić information content (AvgIpc) is 3.41. The van der Waals surface area contributed by atoms with Crippen LogP contribution in [0.2, 0.25) is 0 Å². The maximum Gasteiger partial charge on any atom is 0.309 e. The zero-order valence-electron chi connectivity index (χ0n) is 17.8. The van der Waals surface area contributed by atoms with Crippen LogP contribution in [0.15, 0.2) is 18.2 Å². The Labute approximate surface area is 165 Å². The largest absolute Gasteiger partial charge is 0.466 e. The van der Waals surface area contributed by atoms with Crippen LogP contribution in [-0.2, 0) is 9.53 Å². The highest BCUT2D eigenvalue weighted by atomic mass is 16.5. The standard InChI is InChI=1S/C23H38N2O2/c1-6-9-18(10-7-2)25(15-16(4)5)22-12-11-17(13-21(22)24)19-14-20(19)23(26)27-8-3/h11-13,16,18-20H,6-10,14-15,24H2,1-5H3. The summed E-state index contributed by atoms with van der Waals surface area (Å²) in [6.45, 7) is 12.4. The Morgan fingerprint density at radius 2 is 1.89 bits per heavy atom.